The molecule has 0 aromatic heterocycles. The topological polar surface area (TPSA) is 64.6 Å². The van der Waals surface area contributed by atoms with E-state index in [1.165, 1.54) is 0 Å². The van der Waals surface area contributed by atoms with Crippen molar-refractivity contribution in [1.82, 2.24) is 0 Å². The van der Waals surface area contributed by atoms with E-state index in [1.807, 2.05) is 0 Å². The molecule has 0 bridgehead atoms. The van der Waals surface area contributed by atoms with Crippen LogP contribution in [0.1, 0.15) is 6.42 Å². The first-order valence-corrected chi connectivity index (χ1v) is 2.69. The fourth-order valence-corrected chi connectivity index (χ4v) is 0.383. The quantitative estimate of drug-likeness (QED) is 0.313. The number of hydrogen-bond acceptors (Lipinski definition) is 4. The van der Waals surface area contributed by atoms with Gasteiger partial charge in [0.25, 0.3) is 0 Å². The molecule has 0 aliphatic heterocycles. The van der Waals surface area contributed by atoms with E-state index >= 15 is 0 Å². The number of ether oxygens (including phenoxy) is 1. The molecule has 5 heteroatoms. The van der Waals surface area contributed by atoms with Gasteiger partial charge in [0.1, 0.15) is 0 Å². The van der Waals surface area contributed by atoms with Crippen molar-refractivity contribution in [2.24, 2.45) is 0 Å². The normalized spacial score (nSPS) is 9.67. The molecule has 0 saturated heterocycles. The van der Waals surface area contributed by atoms with Gasteiger partial charge in [-0.15, -0.1) is 0 Å². The van der Waals surface area contributed by atoms with Crippen molar-refractivity contribution < 1.29 is 19.4 Å². The molecule has 0 atom stereocenters. The first-order chi connectivity index (χ1) is 4.27. The number of hydrogen-bond donors (Lipinski definition) is 0. The summed E-state index contributed by atoms with van der Waals surface area (Å²) < 4.78 is 8.79. The smallest absolute Gasteiger partial charge is 0.0604 e. The van der Waals surface area contributed by atoms with Crippen LogP contribution in [-0.4, -0.2) is 27.6 Å². The van der Waals surface area contributed by atoms with Crippen molar-refractivity contribution in [3.63, 3.8) is 0 Å². The highest BCUT2D eigenvalue weighted by Gasteiger charge is 1.82. The van der Waals surface area contributed by atoms with E-state index in [1.54, 1.807) is 7.11 Å². The number of rotatable bonds is 5. The zero-order valence-corrected chi connectivity index (χ0v) is 5.33. The minimum Gasteiger partial charge on any atom is -0.871 e. The van der Waals surface area contributed by atoms with Gasteiger partial charge in [0.15, 0.2) is 0 Å². The molecule has 0 aliphatic rings. The van der Waals surface area contributed by atoms with E-state index in [0.29, 0.717) is 13.0 Å². The van der Waals surface area contributed by atoms with Crippen LogP contribution in [-0.2, 0) is 9.39 Å². The lowest BCUT2D eigenvalue weighted by atomic mass is 10.2. The van der Waals surface area contributed by atoms with Gasteiger partial charge in [-0.2, -0.15) is 0 Å². The highest BCUT2D eigenvalue weighted by Crippen LogP contribution is 1.80. The molecular formula is C4H9BO4-2. The zero-order chi connectivity index (χ0) is 7.11. The van der Waals surface area contributed by atoms with Gasteiger partial charge < -0.3 is 19.4 Å². The van der Waals surface area contributed by atoms with Crippen LogP contribution in [0, 0.1) is 0 Å². The second kappa shape index (κ2) is 6.03. The summed E-state index contributed by atoms with van der Waals surface area (Å²) in [6.45, 7) is 0.707. The largest absolute Gasteiger partial charge is 0.871 e. The van der Waals surface area contributed by atoms with Crippen LogP contribution in [0.25, 0.3) is 0 Å². The van der Waals surface area contributed by atoms with Crippen LogP contribution in [0.4, 0.5) is 0 Å². The SMILES string of the molecule is COCCCOB([O-])[O-]. The Morgan fingerprint density at radius 1 is 1.33 bits per heavy atom. The van der Waals surface area contributed by atoms with Crippen molar-refractivity contribution in [2.45, 2.75) is 6.42 Å². The molecular weight excluding hydrogens is 123 g/mol. The average molecular weight is 132 g/mol. The molecule has 0 aromatic carbocycles. The Kier molecular flexibility index (Phi) is 5.97. The predicted octanol–water partition coefficient (Wildman–Crippen LogP) is -2.25. The van der Waals surface area contributed by atoms with Crippen molar-refractivity contribution >= 4 is 7.32 Å². The van der Waals surface area contributed by atoms with Crippen LogP contribution < -0.4 is 10.0 Å². The molecule has 0 amide bonds. The van der Waals surface area contributed by atoms with Gasteiger partial charge in [-0.05, 0) is 6.42 Å². The second-order valence-electron chi connectivity index (χ2n) is 1.51. The van der Waals surface area contributed by atoms with E-state index in [0.717, 1.165) is 0 Å². The summed E-state index contributed by atoms with van der Waals surface area (Å²) in [5.41, 5.74) is 0. The molecule has 0 unspecified atom stereocenters. The number of methoxy groups -OCH3 is 1. The Labute approximate surface area is 54.6 Å². The molecule has 0 heterocycles. The second-order valence-corrected chi connectivity index (χ2v) is 1.51. The van der Waals surface area contributed by atoms with Gasteiger partial charge in [-0.1, -0.05) is 0 Å². The van der Waals surface area contributed by atoms with Gasteiger partial charge in [0.05, 0.1) is 7.32 Å². The zero-order valence-electron chi connectivity index (χ0n) is 5.33. The first-order valence-electron chi connectivity index (χ1n) is 2.69. The third-order valence-electron chi connectivity index (χ3n) is 0.747. The highest BCUT2D eigenvalue weighted by atomic mass is 16.6. The van der Waals surface area contributed by atoms with Gasteiger partial charge in [0.2, 0.25) is 0 Å². The Morgan fingerprint density at radius 3 is 2.44 bits per heavy atom. The molecule has 0 spiro atoms. The van der Waals surface area contributed by atoms with Gasteiger partial charge >= 0.3 is 0 Å². The molecule has 0 aliphatic carbocycles. The summed E-state index contributed by atoms with van der Waals surface area (Å²) in [5, 5.41) is 19.3. The molecule has 0 saturated carbocycles. The van der Waals surface area contributed by atoms with Crippen LogP contribution >= 0.6 is 0 Å². The van der Waals surface area contributed by atoms with E-state index in [-0.39, 0.29) is 6.61 Å². The summed E-state index contributed by atoms with van der Waals surface area (Å²) in [4.78, 5) is 0. The summed E-state index contributed by atoms with van der Waals surface area (Å²) in [7, 11) is -0.604. The lowest BCUT2D eigenvalue weighted by Crippen LogP contribution is -2.47. The predicted molar refractivity (Wildman–Crippen MR) is 28.2 cm³/mol. The average Bonchev–Trinajstić information content (AvgIpc) is 1.80. The standard InChI is InChI=1S/C4H9BO4/c1-8-3-2-4-9-5(6)7/h2-4H2,1H3/q-2. The molecule has 54 valence electrons. The van der Waals surface area contributed by atoms with Crippen LogP contribution in [0.5, 0.6) is 0 Å². The summed E-state index contributed by atoms with van der Waals surface area (Å²) in [6.07, 6.45) is 0.595. The maximum absolute atomic E-state index is 9.67. The molecule has 4 nitrogen and oxygen atoms in total. The van der Waals surface area contributed by atoms with Gasteiger partial charge in [-0.3, -0.25) is 0 Å². The van der Waals surface area contributed by atoms with E-state index in [4.69, 9.17) is 0 Å². The van der Waals surface area contributed by atoms with E-state index in [9.17, 15) is 10.0 Å². The van der Waals surface area contributed by atoms with Crippen molar-refractivity contribution in [3.05, 3.63) is 0 Å². The van der Waals surface area contributed by atoms with Gasteiger partial charge in [-0.25, -0.2) is 0 Å². The van der Waals surface area contributed by atoms with Crippen LogP contribution in [0.3, 0.4) is 0 Å². The molecule has 0 aromatic rings. The lowest BCUT2D eigenvalue weighted by Gasteiger charge is -2.25. The highest BCUT2D eigenvalue weighted by molar-refractivity contribution is 6.28. The minimum absolute atomic E-state index is 0.186. The van der Waals surface area contributed by atoms with Crippen LogP contribution in [0.2, 0.25) is 0 Å². The third-order valence-corrected chi connectivity index (χ3v) is 0.747. The fourth-order valence-electron chi connectivity index (χ4n) is 0.383. The summed E-state index contributed by atoms with van der Waals surface area (Å²) in [6, 6.07) is 0. The maximum Gasteiger partial charge on any atom is 0.0604 e. The Morgan fingerprint density at radius 2 is 2.00 bits per heavy atom. The molecule has 0 fully saturated rings. The lowest BCUT2D eigenvalue weighted by molar-refractivity contribution is -0.381. The fraction of sp³-hybridized carbons (Fsp3) is 1.00. The van der Waals surface area contributed by atoms with Crippen LogP contribution in [0.15, 0.2) is 0 Å². The van der Waals surface area contributed by atoms with E-state index in [2.05, 4.69) is 9.39 Å². The minimum atomic E-state index is -2.15. The first kappa shape index (κ1) is 8.90. The third kappa shape index (κ3) is 7.90. The molecule has 0 radical (unpaired) electrons. The van der Waals surface area contributed by atoms with Crippen molar-refractivity contribution in [2.75, 3.05) is 20.3 Å². The Hall–Kier alpha value is -0.0951. The summed E-state index contributed by atoms with van der Waals surface area (Å²) >= 11 is 0. The summed E-state index contributed by atoms with van der Waals surface area (Å²) in [5.74, 6) is 0. The maximum atomic E-state index is 9.67. The van der Waals surface area contributed by atoms with Crippen molar-refractivity contribution in [3.8, 4) is 0 Å². The van der Waals surface area contributed by atoms with Gasteiger partial charge in [0, 0.05) is 20.3 Å². The van der Waals surface area contributed by atoms with E-state index < -0.39 is 7.32 Å². The van der Waals surface area contributed by atoms with Crippen molar-refractivity contribution in [1.29, 1.82) is 0 Å². The molecule has 0 rings (SSSR count). The Bertz CT molecular complexity index is 58.5. The molecule has 0 N–H and O–H groups in total. The monoisotopic (exact) mass is 132 g/mol. The molecule has 9 heavy (non-hydrogen) atoms. The Balaban J connectivity index is 2.75.